The second-order valence-corrected chi connectivity index (χ2v) is 5.07. The normalized spacial score (nSPS) is 23.6. The lowest BCUT2D eigenvalue weighted by Crippen LogP contribution is -3.13. The molecule has 19 heavy (non-hydrogen) atoms. The van der Waals surface area contributed by atoms with Crippen LogP contribution in [0.1, 0.15) is 12.8 Å². The van der Waals surface area contributed by atoms with Crippen LogP contribution in [0.2, 0.25) is 0 Å². The molecular weight excluding hydrogens is 244 g/mol. The number of likely N-dealkylation sites (tertiary alicyclic amines) is 1. The summed E-state index contributed by atoms with van der Waals surface area (Å²) >= 11 is 0. The van der Waals surface area contributed by atoms with Gasteiger partial charge in [0.05, 0.1) is 11.9 Å². The number of aromatic nitrogens is 3. The van der Waals surface area contributed by atoms with Gasteiger partial charge in [-0.2, -0.15) is 4.68 Å². The van der Waals surface area contributed by atoms with Crippen LogP contribution >= 0.6 is 0 Å². The molecule has 1 aliphatic heterocycles. The molecular formula is C13H17N4O2+. The number of hydrogen-bond donors (Lipinski definition) is 2. The molecule has 0 bridgehead atoms. The quantitative estimate of drug-likeness (QED) is 0.711. The van der Waals surface area contributed by atoms with Gasteiger partial charge in [0, 0.05) is 0 Å². The molecule has 100 valence electrons. The minimum atomic E-state index is -0.270. The number of aliphatic hydroxyl groups is 1. The van der Waals surface area contributed by atoms with Crippen molar-refractivity contribution in [1.29, 1.82) is 0 Å². The number of quaternary nitrogens is 1. The lowest BCUT2D eigenvalue weighted by molar-refractivity contribution is -0.931. The average Bonchev–Trinajstić information content (AvgIpc) is 2.42. The van der Waals surface area contributed by atoms with E-state index in [4.69, 9.17) is 0 Å². The van der Waals surface area contributed by atoms with Gasteiger partial charge < -0.3 is 10.0 Å². The van der Waals surface area contributed by atoms with Crippen molar-refractivity contribution in [3.8, 4) is 0 Å². The molecule has 3 rings (SSSR count). The Bertz CT molecular complexity index is 640. The maximum atomic E-state index is 12.3. The number of rotatable bonds is 2. The van der Waals surface area contributed by atoms with E-state index in [0.29, 0.717) is 24.1 Å². The first-order chi connectivity index (χ1) is 9.24. The highest BCUT2D eigenvalue weighted by Gasteiger charge is 2.22. The minimum Gasteiger partial charge on any atom is -0.387 e. The number of benzene rings is 1. The third-order valence-corrected chi connectivity index (χ3v) is 3.59. The lowest BCUT2D eigenvalue weighted by atomic mass is 10.1. The van der Waals surface area contributed by atoms with Crippen molar-refractivity contribution in [2.24, 2.45) is 0 Å². The molecule has 6 nitrogen and oxygen atoms in total. The SMILES string of the molecule is O=c1c2ccccc2nnn1C[NH+]1CCC[C@@H](O)C1. The third kappa shape index (κ3) is 2.50. The van der Waals surface area contributed by atoms with Crippen LogP contribution in [0.4, 0.5) is 0 Å². The molecule has 0 aliphatic carbocycles. The summed E-state index contributed by atoms with van der Waals surface area (Å²) in [5.41, 5.74) is 0.510. The van der Waals surface area contributed by atoms with Crippen molar-refractivity contribution in [2.75, 3.05) is 13.1 Å². The lowest BCUT2D eigenvalue weighted by Gasteiger charge is -2.26. The van der Waals surface area contributed by atoms with Crippen LogP contribution in [-0.4, -0.2) is 39.3 Å². The van der Waals surface area contributed by atoms with E-state index in [1.54, 1.807) is 12.1 Å². The van der Waals surface area contributed by atoms with Crippen LogP contribution in [0.5, 0.6) is 0 Å². The van der Waals surface area contributed by atoms with Crippen molar-refractivity contribution in [3.05, 3.63) is 34.6 Å². The molecule has 1 aromatic heterocycles. The number of aliphatic hydroxyl groups excluding tert-OH is 1. The summed E-state index contributed by atoms with van der Waals surface area (Å²) in [7, 11) is 0. The van der Waals surface area contributed by atoms with Crippen molar-refractivity contribution in [2.45, 2.75) is 25.6 Å². The van der Waals surface area contributed by atoms with Crippen LogP contribution in [0.3, 0.4) is 0 Å². The molecule has 1 saturated heterocycles. The summed E-state index contributed by atoms with van der Waals surface area (Å²) in [6, 6.07) is 7.22. The van der Waals surface area contributed by atoms with E-state index in [1.165, 1.54) is 9.58 Å². The maximum absolute atomic E-state index is 12.3. The van der Waals surface area contributed by atoms with E-state index >= 15 is 0 Å². The predicted octanol–water partition coefficient (Wildman–Crippen LogP) is -1.21. The van der Waals surface area contributed by atoms with Crippen molar-refractivity contribution in [1.82, 2.24) is 15.0 Å². The first-order valence-corrected chi connectivity index (χ1v) is 6.58. The Hall–Kier alpha value is -1.79. The Morgan fingerprint density at radius 3 is 3.11 bits per heavy atom. The molecule has 2 atom stereocenters. The Morgan fingerprint density at radius 2 is 2.26 bits per heavy atom. The summed E-state index contributed by atoms with van der Waals surface area (Å²) in [4.78, 5) is 13.4. The molecule has 0 spiro atoms. The Morgan fingerprint density at radius 1 is 1.42 bits per heavy atom. The molecule has 1 unspecified atom stereocenters. The van der Waals surface area contributed by atoms with Crippen molar-refractivity contribution >= 4 is 10.9 Å². The largest absolute Gasteiger partial charge is 0.387 e. The zero-order valence-electron chi connectivity index (χ0n) is 10.6. The fourth-order valence-electron chi connectivity index (χ4n) is 2.61. The van der Waals surface area contributed by atoms with Crippen LogP contribution in [0.25, 0.3) is 10.9 Å². The number of fused-ring (bicyclic) bond motifs is 1. The summed E-state index contributed by atoms with van der Waals surface area (Å²) < 4.78 is 1.40. The second-order valence-electron chi connectivity index (χ2n) is 5.07. The van der Waals surface area contributed by atoms with Gasteiger partial charge in [0.2, 0.25) is 0 Å². The van der Waals surface area contributed by atoms with Crippen LogP contribution in [-0.2, 0) is 6.67 Å². The van der Waals surface area contributed by atoms with Gasteiger partial charge >= 0.3 is 0 Å². The molecule has 0 amide bonds. The van der Waals surface area contributed by atoms with Gasteiger partial charge in [-0.3, -0.25) is 4.79 Å². The molecule has 1 aromatic carbocycles. The standard InChI is InChI=1S/C13H16N4O2/c18-10-4-3-7-16(8-10)9-17-13(19)11-5-1-2-6-12(11)14-15-17/h1-2,5-6,10,18H,3-4,7-9H2/p+1/t10-/m1/s1. The third-order valence-electron chi connectivity index (χ3n) is 3.59. The molecule has 2 N–H and O–H groups in total. The smallest absolute Gasteiger partial charge is 0.282 e. The van der Waals surface area contributed by atoms with Crippen LogP contribution in [0.15, 0.2) is 29.1 Å². The van der Waals surface area contributed by atoms with Gasteiger partial charge in [-0.25, -0.2) is 0 Å². The minimum absolute atomic E-state index is 0.113. The Balaban J connectivity index is 1.89. The number of nitrogens with zero attached hydrogens (tertiary/aromatic N) is 3. The summed E-state index contributed by atoms with van der Waals surface area (Å²) in [5, 5.41) is 18.3. The monoisotopic (exact) mass is 261 g/mol. The van der Waals surface area contributed by atoms with E-state index in [2.05, 4.69) is 10.3 Å². The maximum Gasteiger partial charge on any atom is 0.282 e. The highest BCUT2D eigenvalue weighted by atomic mass is 16.3. The summed E-state index contributed by atoms with van der Waals surface area (Å²) in [5.74, 6) is 0. The molecule has 2 heterocycles. The van der Waals surface area contributed by atoms with Gasteiger partial charge in [-0.05, 0) is 25.0 Å². The van der Waals surface area contributed by atoms with E-state index in [0.717, 1.165) is 19.4 Å². The molecule has 2 aromatic rings. The van der Waals surface area contributed by atoms with Gasteiger partial charge in [0.25, 0.3) is 5.56 Å². The molecule has 1 fully saturated rings. The fraction of sp³-hybridized carbons (Fsp3) is 0.462. The Labute approximate surface area is 110 Å². The molecule has 0 radical (unpaired) electrons. The van der Waals surface area contributed by atoms with Crippen molar-refractivity contribution < 1.29 is 10.0 Å². The number of nitrogens with one attached hydrogen (secondary N) is 1. The number of hydrogen-bond acceptors (Lipinski definition) is 4. The second kappa shape index (κ2) is 5.07. The van der Waals surface area contributed by atoms with E-state index < -0.39 is 0 Å². The number of piperidine rings is 1. The Kier molecular flexibility index (Phi) is 3.27. The fourth-order valence-corrected chi connectivity index (χ4v) is 2.61. The molecule has 0 saturated carbocycles. The molecule has 6 heteroatoms. The van der Waals surface area contributed by atoms with E-state index in [1.807, 2.05) is 12.1 Å². The van der Waals surface area contributed by atoms with Crippen LogP contribution in [0, 0.1) is 0 Å². The topological polar surface area (TPSA) is 72.5 Å². The zero-order valence-corrected chi connectivity index (χ0v) is 10.6. The van der Waals surface area contributed by atoms with E-state index in [9.17, 15) is 9.90 Å². The van der Waals surface area contributed by atoms with Crippen LogP contribution < -0.4 is 10.5 Å². The summed E-state index contributed by atoms with van der Waals surface area (Å²) in [6.07, 6.45) is 1.56. The zero-order chi connectivity index (χ0) is 13.2. The first kappa shape index (κ1) is 12.3. The highest BCUT2D eigenvalue weighted by Crippen LogP contribution is 2.03. The summed E-state index contributed by atoms with van der Waals surface area (Å²) in [6.45, 7) is 2.09. The van der Waals surface area contributed by atoms with Gasteiger partial charge in [0.15, 0.2) is 6.67 Å². The predicted molar refractivity (Wildman–Crippen MR) is 69.7 cm³/mol. The highest BCUT2D eigenvalue weighted by molar-refractivity contribution is 5.76. The van der Waals surface area contributed by atoms with E-state index in [-0.39, 0.29) is 11.7 Å². The van der Waals surface area contributed by atoms with Crippen molar-refractivity contribution in [3.63, 3.8) is 0 Å². The van der Waals surface area contributed by atoms with Gasteiger partial charge in [-0.1, -0.05) is 17.3 Å². The average molecular weight is 261 g/mol. The first-order valence-electron chi connectivity index (χ1n) is 6.58. The molecule has 1 aliphatic rings. The van der Waals surface area contributed by atoms with Gasteiger partial charge in [-0.15, -0.1) is 5.10 Å². The van der Waals surface area contributed by atoms with Gasteiger partial charge in [0.1, 0.15) is 18.2 Å².